The Hall–Kier alpha value is 1.51. The van der Waals surface area contributed by atoms with Crippen LogP contribution in [0.2, 0.25) is 0 Å². The maximum absolute atomic E-state index is 11.5. The number of hydrogen-bond donors (Lipinski definition) is 1. The molecule has 0 heterocycles. The van der Waals surface area contributed by atoms with Crippen molar-refractivity contribution in [2.45, 2.75) is 147 Å². The number of rotatable bonds is 21. The molecule has 0 aromatic carbocycles. The summed E-state index contributed by atoms with van der Waals surface area (Å²) in [5.74, 6) is 0. The van der Waals surface area contributed by atoms with E-state index in [4.69, 9.17) is 0 Å². The molecule has 0 aromatic rings. The first-order valence-electron chi connectivity index (χ1n) is 12.0. The van der Waals surface area contributed by atoms with Gasteiger partial charge in [-0.3, -0.25) is 0 Å². The predicted octanol–water partition coefficient (Wildman–Crippen LogP) is 3.72. The minimum Gasteiger partial charge on any atom is -0.748 e. The normalized spacial score (nSPS) is 13.8. The third-order valence-electron chi connectivity index (χ3n) is 5.74. The molecule has 0 bridgehead atoms. The third-order valence-corrected chi connectivity index (χ3v) is 7.03. The van der Waals surface area contributed by atoms with Crippen molar-refractivity contribution >= 4 is 10.1 Å². The van der Waals surface area contributed by atoms with E-state index in [0.717, 1.165) is 57.8 Å². The van der Waals surface area contributed by atoms with Crippen LogP contribution in [-0.4, -0.2) is 29.4 Å². The van der Waals surface area contributed by atoms with Crippen molar-refractivity contribution in [3.8, 4) is 0 Å². The molecular formula is C23H47KO4S. The van der Waals surface area contributed by atoms with Gasteiger partial charge in [0.25, 0.3) is 0 Å². The van der Waals surface area contributed by atoms with Crippen LogP contribution in [0.15, 0.2) is 0 Å². The minimum atomic E-state index is -4.20. The van der Waals surface area contributed by atoms with Gasteiger partial charge >= 0.3 is 51.4 Å². The fourth-order valence-corrected chi connectivity index (χ4v) is 4.73. The Labute approximate surface area is 224 Å². The van der Waals surface area contributed by atoms with Crippen molar-refractivity contribution in [3.63, 3.8) is 0 Å². The van der Waals surface area contributed by atoms with Gasteiger partial charge in [-0.1, -0.05) is 110 Å². The Morgan fingerprint density at radius 3 is 1.34 bits per heavy atom. The molecule has 0 amide bonds. The van der Waals surface area contributed by atoms with E-state index in [1.165, 1.54) is 51.4 Å². The molecule has 0 fully saturated rings. The Morgan fingerprint density at radius 2 is 0.931 bits per heavy atom. The number of aliphatic hydroxyl groups is 1. The van der Waals surface area contributed by atoms with Crippen molar-refractivity contribution in [2.75, 3.05) is 0 Å². The molecule has 0 aliphatic heterocycles. The summed E-state index contributed by atoms with van der Waals surface area (Å²) in [7, 11) is -4.20. The van der Waals surface area contributed by atoms with Crippen molar-refractivity contribution in [1.29, 1.82) is 0 Å². The zero-order valence-electron chi connectivity index (χ0n) is 19.7. The molecule has 0 aliphatic rings. The summed E-state index contributed by atoms with van der Waals surface area (Å²) in [6.07, 6.45) is 19.2. The SMILES string of the molecule is CCCCCCCCCCC(O)CCCCC(CCCCCCC)S(=O)(=O)[O-].[K+]. The summed E-state index contributed by atoms with van der Waals surface area (Å²) in [6.45, 7) is 4.38. The standard InChI is InChI=1S/C23H48O4S.K/c1-3-5-7-9-10-11-13-14-18-22(24)19-16-17-21-23(28(25,26)27)20-15-12-8-6-4-2;/h22-24H,3-21H2,1-2H3,(H,25,26,27);/q;+1/p-1. The monoisotopic (exact) mass is 458 g/mol. The molecule has 0 saturated heterocycles. The van der Waals surface area contributed by atoms with Gasteiger partial charge in [-0.05, 0) is 25.7 Å². The van der Waals surface area contributed by atoms with Crippen molar-refractivity contribution in [1.82, 2.24) is 0 Å². The predicted molar refractivity (Wildman–Crippen MR) is 119 cm³/mol. The van der Waals surface area contributed by atoms with Gasteiger partial charge in [0.15, 0.2) is 0 Å². The molecule has 4 nitrogen and oxygen atoms in total. The summed E-state index contributed by atoms with van der Waals surface area (Å²) in [5.41, 5.74) is 0. The molecular weight excluding hydrogens is 411 g/mol. The summed E-state index contributed by atoms with van der Waals surface area (Å²) >= 11 is 0. The molecule has 2 unspecified atom stereocenters. The minimum absolute atomic E-state index is 0. The van der Waals surface area contributed by atoms with E-state index < -0.39 is 15.4 Å². The molecule has 0 spiro atoms. The third kappa shape index (κ3) is 22.5. The van der Waals surface area contributed by atoms with Gasteiger partial charge in [0.1, 0.15) is 0 Å². The first-order chi connectivity index (χ1) is 13.4. The van der Waals surface area contributed by atoms with Gasteiger partial charge in [-0.2, -0.15) is 0 Å². The molecule has 0 aromatic heterocycles. The molecule has 0 aliphatic carbocycles. The van der Waals surface area contributed by atoms with Crippen LogP contribution in [0.3, 0.4) is 0 Å². The Bertz CT molecular complexity index is 429. The molecule has 29 heavy (non-hydrogen) atoms. The summed E-state index contributed by atoms with van der Waals surface area (Å²) in [6, 6.07) is 0. The second-order valence-electron chi connectivity index (χ2n) is 8.52. The molecule has 2 atom stereocenters. The van der Waals surface area contributed by atoms with Crippen molar-refractivity contribution < 1.29 is 69.5 Å². The van der Waals surface area contributed by atoms with E-state index in [1.54, 1.807) is 0 Å². The average Bonchev–Trinajstić information content (AvgIpc) is 2.64. The topological polar surface area (TPSA) is 77.4 Å². The average molecular weight is 459 g/mol. The smallest absolute Gasteiger partial charge is 0.748 e. The molecule has 170 valence electrons. The fourth-order valence-electron chi connectivity index (χ4n) is 3.82. The molecule has 0 saturated carbocycles. The van der Waals surface area contributed by atoms with E-state index in [1.807, 2.05) is 0 Å². The van der Waals surface area contributed by atoms with Crippen molar-refractivity contribution in [3.05, 3.63) is 0 Å². The van der Waals surface area contributed by atoms with Gasteiger partial charge in [0.2, 0.25) is 0 Å². The van der Waals surface area contributed by atoms with E-state index >= 15 is 0 Å². The van der Waals surface area contributed by atoms with E-state index in [-0.39, 0.29) is 57.5 Å². The van der Waals surface area contributed by atoms with E-state index in [2.05, 4.69) is 13.8 Å². The summed E-state index contributed by atoms with van der Waals surface area (Å²) in [4.78, 5) is 0. The van der Waals surface area contributed by atoms with Crippen LogP contribution >= 0.6 is 0 Å². The van der Waals surface area contributed by atoms with Crippen molar-refractivity contribution in [2.24, 2.45) is 0 Å². The molecule has 6 heteroatoms. The fraction of sp³-hybridized carbons (Fsp3) is 1.00. The quantitative estimate of drug-likeness (QED) is 0.162. The first-order valence-corrected chi connectivity index (χ1v) is 13.5. The first kappa shape index (κ1) is 32.7. The van der Waals surface area contributed by atoms with E-state index in [9.17, 15) is 18.1 Å². The number of hydrogen-bond acceptors (Lipinski definition) is 4. The number of aliphatic hydroxyl groups excluding tert-OH is 1. The Morgan fingerprint density at radius 1 is 0.621 bits per heavy atom. The van der Waals surface area contributed by atoms with Crippen LogP contribution in [0.25, 0.3) is 0 Å². The van der Waals surface area contributed by atoms with Gasteiger partial charge in [-0.15, -0.1) is 0 Å². The second kappa shape index (κ2) is 22.7. The van der Waals surface area contributed by atoms with E-state index in [0.29, 0.717) is 12.8 Å². The van der Waals surface area contributed by atoms with Crippen LogP contribution < -0.4 is 51.4 Å². The molecule has 0 radical (unpaired) electrons. The van der Waals surface area contributed by atoms with Crippen LogP contribution in [0.1, 0.15) is 136 Å². The van der Waals surface area contributed by atoms with Crippen LogP contribution in [0.5, 0.6) is 0 Å². The van der Waals surface area contributed by atoms with Gasteiger partial charge in [0.05, 0.1) is 16.2 Å². The molecule has 1 N–H and O–H groups in total. The van der Waals surface area contributed by atoms with Gasteiger partial charge < -0.3 is 9.66 Å². The van der Waals surface area contributed by atoms with Crippen LogP contribution in [-0.2, 0) is 10.1 Å². The molecule has 0 rings (SSSR count). The van der Waals surface area contributed by atoms with Gasteiger partial charge in [-0.25, -0.2) is 8.42 Å². The summed E-state index contributed by atoms with van der Waals surface area (Å²) in [5, 5.41) is 9.35. The Kier molecular flexibility index (Phi) is 25.6. The zero-order chi connectivity index (χ0) is 21.1. The maximum atomic E-state index is 11.5. The Balaban J connectivity index is 0. The second-order valence-corrected chi connectivity index (χ2v) is 10.2. The van der Waals surface area contributed by atoms with Crippen LogP contribution in [0.4, 0.5) is 0 Å². The van der Waals surface area contributed by atoms with Gasteiger partial charge in [0, 0.05) is 5.25 Å². The summed E-state index contributed by atoms with van der Waals surface area (Å²) < 4.78 is 34.4. The largest absolute Gasteiger partial charge is 1.00 e. The zero-order valence-corrected chi connectivity index (χ0v) is 23.6. The number of unbranched alkanes of at least 4 members (excludes halogenated alkanes) is 12. The maximum Gasteiger partial charge on any atom is 1.00 e. The van der Waals surface area contributed by atoms with Crippen LogP contribution in [0, 0.1) is 0 Å².